The van der Waals surface area contributed by atoms with Crippen molar-refractivity contribution in [1.29, 1.82) is 0 Å². The first-order valence-electron chi connectivity index (χ1n) is 7.40. The van der Waals surface area contributed by atoms with Crippen LogP contribution in [-0.4, -0.2) is 23.6 Å². The standard InChI is InChI=1S/C16H24N2O2/c1-4-20-15(19)13-8-6-10-17-14(13)18-12-7-5-9-16(2,3)11-12/h6,8,10,12H,4-5,7,9,11H2,1-3H3,(H,17,18). The Hall–Kier alpha value is -1.58. The van der Waals surface area contributed by atoms with Gasteiger partial charge in [-0.1, -0.05) is 20.3 Å². The van der Waals surface area contributed by atoms with Crippen molar-refractivity contribution in [1.82, 2.24) is 4.98 Å². The number of anilines is 1. The fourth-order valence-corrected chi connectivity index (χ4v) is 2.91. The van der Waals surface area contributed by atoms with Crippen molar-refractivity contribution < 1.29 is 9.53 Å². The Balaban J connectivity index is 2.11. The normalized spacial score (nSPS) is 21.2. The molecule has 0 aliphatic heterocycles. The van der Waals surface area contributed by atoms with Gasteiger partial charge in [-0.05, 0) is 43.7 Å². The minimum Gasteiger partial charge on any atom is -0.462 e. The minimum atomic E-state index is -0.307. The molecule has 1 heterocycles. The van der Waals surface area contributed by atoms with Crippen LogP contribution in [0.3, 0.4) is 0 Å². The number of rotatable bonds is 4. The lowest BCUT2D eigenvalue weighted by atomic mass is 9.75. The molecule has 1 saturated carbocycles. The van der Waals surface area contributed by atoms with Gasteiger partial charge in [0.25, 0.3) is 0 Å². The number of ether oxygens (including phenoxy) is 1. The Morgan fingerprint density at radius 1 is 1.55 bits per heavy atom. The molecule has 20 heavy (non-hydrogen) atoms. The van der Waals surface area contributed by atoms with Crippen molar-refractivity contribution in [2.75, 3.05) is 11.9 Å². The molecular weight excluding hydrogens is 252 g/mol. The maximum Gasteiger partial charge on any atom is 0.341 e. The summed E-state index contributed by atoms with van der Waals surface area (Å²) in [6.07, 6.45) is 6.41. The van der Waals surface area contributed by atoms with E-state index in [1.54, 1.807) is 18.3 Å². The van der Waals surface area contributed by atoms with Gasteiger partial charge in [0.2, 0.25) is 0 Å². The monoisotopic (exact) mass is 276 g/mol. The molecule has 0 spiro atoms. The van der Waals surface area contributed by atoms with Gasteiger partial charge in [-0.25, -0.2) is 9.78 Å². The van der Waals surface area contributed by atoms with Gasteiger partial charge in [0.15, 0.2) is 0 Å². The van der Waals surface area contributed by atoms with Crippen molar-refractivity contribution in [2.45, 2.75) is 52.5 Å². The van der Waals surface area contributed by atoms with Gasteiger partial charge in [0, 0.05) is 12.2 Å². The fourth-order valence-electron chi connectivity index (χ4n) is 2.91. The van der Waals surface area contributed by atoms with Crippen LogP contribution in [0.4, 0.5) is 5.82 Å². The summed E-state index contributed by atoms with van der Waals surface area (Å²) in [5, 5.41) is 3.43. The van der Waals surface area contributed by atoms with Gasteiger partial charge in [0.05, 0.1) is 6.61 Å². The highest BCUT2D eigenvalue weighted by Crippen LogP contribution is 2.36. The highest BCUT2D eigenvalue weighted by atomic mass is 16.5. The second-order valence-corrected chi connectivity index (χ2v) is 6.22. The predicted molar refractivity (Wildman–Crippen MR) is 79.9 cm³/mol. The summed E-state index contributed by atoms with van der Waals surface area (Å²) < 4.78 is 5.08. The Bertz CT molecular complexity index is 471. The van der Waals surface area contributed by atoms with Gasteiger partial charge >= 0.3 is 5.97 Å². The van der Waals surface area contributed by atoms with Gasteiger partial charge < -0.3 is 10.1 Å². The third-order valence-electron chi connectivity index (χ3n) is 3.85. The maximum absolute atomic E-state index is 11.9. The first-order valence-corrected chi connectivity index (χ1v) is 7.40. The molecule has 110 valence electrons. The molecule has 4 heteroatoms. The third-order valence-corrected chi connectivity index (χ3v) is 3.85. The number of esters is 1. The Kier molecular flexibility index (Phi) is 4.63. The smallest absolute Gasteiger partial charge is 0.341 e. The predicted octanol–water partition coefficient (Wildman–Crippen LogP) is 3.64. The molecule has 0 saturated heterocycles. The molecule has 4 nitrogen and oxygen atoms in total. The second kappa shape index (κ2) is 6.25. The van der Waals surface area contributed by atoms with Gasteiger partial charge in [-0.2, -0.15) is 0 Å². The number of hydrogen-bond acceptors (Lipinski definition) is 4. The number of nitrogens with one attached hydrogen (secondary N) is 1. The molecule has 0 bridgehead atoms. The molecular formula is C16H24N2O2. The van der Waals surface area contributed by atoms with E-state index in [4.69, 9.17) is 4.74 Å². The summed E-state index contributed by atoms with van der Waals surface area (Å²) in [6, 6.07) is 3.91. The number of pyridine rings is 1. The van der Waals surface area contributed by atoms with Crippen LogP contribution in [0.25, 0.3) is 0 Å². The van der Waals surface area contributed by atoms with E-state index in [2.05, 4.69) is 24.1 Å². The van der Waals surface area contributed by atoms with Crippen molar-refractivity contribution in [3.05, 3.63) is 23.9 Å². The molecule has 1 aromatic heterocycles. The second-order valence-electron chi connectivity index (χ2n) is 6.22. The molecule has 1 fully saturated rings. The van der Waals surface area contributed by atoms with E-state index in [1.165, 1.54) is 12.8 Å². The zero-order valence-corrected chi connectivity index (χ0v) is 12.6. The fraction of sp³-hybridized carbons (Fsp3) is 0.625. The van der Waals surface area contributed by atoms with Crippen LogP contribution < -0.4 is 5.32 Å². The van der Waals surface area contributed by atoms with Gasteiger partial charge in [-0.15, -0.1) is 0 Å². The molecule has 1 aromatic rings. The van der Waals surface area contributed by atoms with E-state index in [9.17, 15) is 4.79 Å². The first-order chi connectivity index (χ1) is 9.52. The van der Waals surface area contributed by atoms with Crippen LogP contribution in [0, 0.1) is 5.41 Å². The number of aromatic nitrogens is 1. The van der Waals surface area contributed by atoms with E-state index in [0.717, 1.165) is 12.8 Å². The molecule has 1 atom stereocenters. The zero-order chi connectivity index (χ0) is 14.6. The van der Waals surface area contributed by atoms with Crippen LogP contribution in [-0.2, 0) is 4.74 Å². The highest BCUT2D eigenvalue weighted by Gasteiger charge is 2.28. The Morgan fingerprint density at radius 2 is 2.35 bits per heavy atom. The van der Waals surface area contributed by atoms with Crippen LogP contribution in [0.1, 0.15) is 56.8 Å². The quantitative estimate of drug-likeness (QED) is 0.853. The lowest BCUT2D eigenvalue weighted by Crippen LogP contribution is -2.32. The summed E-state index contributed by atoms with van der Waals surface area (Å²) in [6.45, 7) is 6.78. The number of hydrogen-bond donors (Lipinski definition) is 1. The molecule has 1 N–H and O–H groups in total. The molecule has 0 amide bonds. The lowest BCUT2D eigenvalue weighted by Gasteiger charge is -2.36. The van der Waals surface area contributed by atoms with Crippen molar-refractivity contribution in [3.63, 3.8) is 0 Å². The van der Waals surface area contributed by atoms with Crippen LogP contribution in [0.15, 0.2) is 18.3 Å². The van der Waals surface area contributed by atoms with Crippen LogP contribution >= 0.6 is 0 Å². The van der Waals surface area contributed by atoms with E-state index < -0.39 is 0 Å². The number of carbonyl (C=O) groups is 1. The number of nitrogens with zero attached hydrogens (tertiary/aromatic N) is 1. The van der Waals surface area contributed by atoms with Gasteiger partial charge in [0.1, 0.15) is 11.4 Å². The summed E-state index contributed by atoms with van der Waals surface area (Å²) in [7, 11) is 0. The third kappa shape index (κ3) is 3.71. The zero-order valence-electron chi connectivity index (χ0n) is 12.6. The van der Waals surface area contributed by atoms with E-state index in [1.807, 2.05) is 6.92 Å². The molecule has 1 unspecified atom stereocenters. The average molecular weight is 276 g/mol. The van der Waals surface area contributed by atoms with Crippen molar-refractivity contribution in [3.8, 4) is 0 Å². The summed E-state index contributed by atoms with van der Waals surface area (Å²) in [5.74, 6) is 0.340. The minimum absolute atomic E-state index is 0.307. The summed E-state index contributed by atoms with van der Waals surface area (Å²) in [5.41, 5.74) is 0.882. The average Bonchev–Trinajstić information content (AvgIpc) is 2.38. The van der Waals surface area contributed by atoms with Gasteiger partial charge in [-0.3, -0.25) is 0 Å². The molecule has 0 aromatic carbocycles. The first kappa shape index (κ1) is 14.8. The van der Waals surface area contributed by atoms with Crippen LogP contribution in [0.5, 0.6) is 0 Å². The molecule has 2 rings (SSSR count). The Labute approximate surface area is 120 Å². The summed E-state index contributed by atoms with van der Waals surface area (Å²) >= 11 is 0. The topological polar surface area (TPSA) is 51.2 Å². The molecule has 1 aliphatic carbocycles. The lowest BCUT2D eigenvalue weighted by molar-refractivity contribution is 0.0527. The largest absolute Gasteiger partial charge is 0.462 e. The molecule has 0 radical (unpaired) electrons. The molecule has 1 aliphatic rings. The van der Waals surface area contributed by atoms with Crippen LogP contribution in [0.2, 0.25) is 0 Å². The van der Waals surface area contributed by atoms with E-state index in [-0.39, 0.29) is 5.97 Å². The Morgan fingerprint density at radius 3 is 3.05 bits per heavy atom. The summed E-state index contributed by atoms with van der Waals surface area (Å²) in [4.78, 5) is 16.2. The SMILES string of the molecule is CCOC(=O)c1cccnc1NC1CCCC(C)(C)C1. The highest BCUT2D eigenvalue weighted by molar-refractivity contribution is 5.94. The van der Waals surface area contributed by atoms with E-state index in [0.29, 0.717) is 29.4 Å². The maximum atomic E-state index is 11.9. The number of carbonyl (C=O) groups excluding carboxylic acids is 1. The van der Waals surface area contributed by atoms with Crippen molar-refractivity contribution in [2.24, 2.45) is 5.41 Å². The van der Waals surface area contributed by atoms with E-state index >= 15 is 0 Å². The van der Waals surface area contributed by atoms with Crippen molar-refractivity contribution >= 4 is 11.8 Å².